The minimum Gasteiger partial charge on any atom is -0.484 e. The Kier molecular flexibility index (Phi) is 3.39. The Balaban J connectivity index is 3.10. The lowest BCUT2D eigenvalue weighted by atomic mass is 10.1. The SMILES string of the molecule is CC(C)(CO)Oc1cc(N)ccc1C(=O)O. The van der Waals surface area contributed by atoms with E-state index in [-0.39, 0.29) is 17.9 Å². The van der Waals surface area contributed by atoms with Crippen LogP contribution in [0.2, 0.25) is 0 Å². The number of hydrogen-bond acceptors (Lipinski definition) is 4. The third-order valence-electron chi connectivity index (χ3n) is 2.00. The van der Waals surface area contributed by atoms with Crippen molar-refractivity contribution in [3.05, 3.63) is 23.8 Å². The van der Waals surface area contributed by atoms with Gasteiger partial charge in [-0.1, -0.05) is 0 Å². The molecule has 0 atom stereocenters. The van der Waals surface area contributed by atoms with Crippen LogP contribution in [0.4, 0.5) is 5.69 Å². The number of nitrogen functional groups attached to an aromatic ring is 1. The van der Waals surface area contributed by atoms with Gasteiger partial charge in [-0.2, -0.15) is 0 Å². The molecule has 0 amide bonds. The first-order valence-corrected chi connectivity index (χ1v) is 4.78. The molecule has 0 saturated carbocycles. The van der Waals surface area contributed by atoms with Crippen LogP contribution < -0.4 is 10.5 Å². The molecule has 5 heteroatoms. The van der Waals surface area contributed by atoms with Crippen molar-refractivity contribution in [2.24, 2.45) is 0 Å². The van der Waals surface area contributed by atoms with E-state index in [2.05, 4.69) is 0 Å². The number of carboxylic acids is 1. The van der Waals surface area contributed by atoms with Crippen molar-refractivity contribution in [1.29, 1.82) is 0 Å². The van der Waals surface area contributed by atoms with E-state index in [1.807, 2.05) is 0 Å². The molecule has 0 bridgehead atoms. The van der Waals surface area contributed by atoms with E-state index in [1.54, 1.807) is 13.8 Å². The number of carbonyl (C=O) groups is 1. The highest BCUT2D eigenvalue weighted by Crippen LogP contribution is 2.25. The van der Waals surface area contributed by atoms with Crippen LogP contribution in [-0.2, 0) is 0 Å². The van der Waals surface area contributed by atoms with Crippen molar-refractivity contribution >= 4 is 11.7 Å². The van der Waals surface area contributed by atoms with E-state index in [1.165, 1.54) is 18.2 Å². The van der Waals surface area contributed by atoms with E-state index >= 15 is 0 Å². The Bertz CT molecular complexity index is 401. The van der Waals surface area contributed by atoms with Gasteiger partial charge in [-0.3, -0.25) is 0 Å². The van der Waals surface area contributed by atoms with E-state index in [0.29, 0.717) is 5.69 Å². The zero-order chi connectivity index (χ0) is 12.3. The van der Waals surface area contributed by atoms with Crippen molar-refractivity contribution < 1.29 is 19.7 Å². The summed E-state index contributed by atoms with van der Waals surface area (Å²) in [5.41, 5.74) is 5.14. The van der Waals surface area contributed by atoms with E-state index in [0.717, 1.165) is 0 Å². The normalized spacial score (nSPS) is 11.2. The van der Waals surface area contributed by atoms with Crippen LogP contribution in [-0.4, -0.2) is 28.4 Å². The van der Waals surface area contributed by atoms with E-state index < -0.39 is 11.6 Å². The molecule has 0 unspecified atom stereocenters. The fourth-order valence-corrected chi connectivity index (χ4v) is 1.13. The molecule has 16 heavy (non-hydrogen) atoms. The summed E-state index contributed by atoms with van der Waals surface area (Å²) < 4.78 is 5.41. The molecule has 0 spiro atoms. The first kappa shape index (κ1) is 12.3. The molecule has 4 N–H and O–H groups in total. The average molecular weight is 225 g/mol. The highest BCUT2D eigenvalue weighted by Gasteiger charge is 2.22. The number of ether oxygens (including phenoxy) is 1. The maximum atomic E-state index is 10.9. The summed E-state index contributed by atoms with van der Waals surface area (Å²) in [7, 11) is 0. The van der Waals surface area contributed by atoms with Gasteiger partial charge in [0.2, 0.25) is 0 Å². The standard InChI is InChI=1S/C11H15NO4/c1-11(2,6-13)16-9-5-7(12)3-4-8(9)10(14)15/h3-5,13H,6,12H2,1-2H3,(H,14,15). The maximum Gasteiger partial charge on any atom is 0.339 e. The minimum atomic E-state index is -1.09. The number of hydrogen-bond donors (Lipinski definition) is 3. The Morgan fingerprint density at radius 2 is 2.12 bits per heavy atom. The van der Waals surface area contributed by atoms with Gasteiger partial charge in [-0.15, -0.1) is 0 Å². The van der Waals surface area contributed by atoms with Gasteiger partial charge in [0, 0.05) is 11.8 Å². The van der Waals surface area contributed by atoms with Gasteiger partial charge in [-0.05, 0) is 26.0 Å². The number of aliphatic hydroxyl groups excluding tert-OH is 1. The number of benzene rings is 1. The lowest BCUT2D eigenvalue weighted by Gasteiger charge is -2.25. The number of anilines is 1. The quantitative estimate of drug-likeness (QED) is 0.667. The van der Waals surface area contributed by atoms with Crippen LogP contribution in [0.5, 0.6) is 5.75 Å². The Morgan fingerprint density at radius 3 is 2.62 bits per heavy atom. The molecule has 88 valence electrons. The number of rotatable bonds is 4. The summed E-state index contributed by atoms with van der Waals surface area (Å²) in [6.07, 6.45) is 0. The lowest BCUT2D eigenvalue weighted by molar-refractivity contribution is 0.0389. The summed E-state index contributed by atoms with van der Waals surface area (Å²) >= 11 is 0. The molecular formula is C11H15NO4. The topological polar surface area (TPSA) is 92.8 Å². The van der Waals surface area contributed by atoms with E-state index in [9.17, 15) is 4.79 Å². The number of aromatic carboxylic acids is 1. The molecule has 0 fully saturated rings. The van der Waals surface area contributed by atoms with Gasteiger partial charge in [0.1, 0.15) is 16.9 Å². The second kappa shape index (κ2) is 4.40. The smallest absolute Gasteiger partial charge is 0.339 e. The summed E-state index contributed by atoms with van der Waals surface area (Å²) in [5.74, 6) is -0.935. The molecule has 0 aromatic heterocycles. The Hall–Kier alpha value is -1.75. The first-order valence-electron chi connectivity index (χ1n) is 4.78. The van der Waals surface area contributed by atoms with Crippen LogP contribution in [0.25, 0.3) is 0 Å². The molecule has 0 aliphatic carbocycles. The highest BCUT2D eigenvalue weighted by atomic mass is 16.5. The van der Waals surface area contributed by atoms with Crippen LogP contribution in [0.1, 0.15) is 24.2 Å². The van der Waals surface area contributed by atoms with Gasteiger partial charge in [0.15, 0.2) is 0 Å². The van der Waals surface area contributed by atoms with Gasteiger partial charge in [0.25, 0.3) is 0 Å². The Labute approximate surface area is 93.5 Å². The highest BCUT2D eigenvalue weighted by molar-refractivity contribution is 5.91. The number of carboxylic acid groups (broad SMARTS) is 1. The predicted octanol–water partition coefficient (Wildman–Crippen LogP) is 1.12. The van der Waals surface area contributed by atoms with E-state index in [4.69, 9.17) is 20.7 Å². The zero-order valence-electron chi connectivity index (χ0n) is 9.23. The zero-order valence-corrected chi connectivity index (χ0v) is 9.23. The molecule has 1 aromatic rings. The van der Waals surface area contributed by atoms with Crippen molar-refractivity contribution in [2.75, 3.05) is 12.3 Å². The van der Waals surface area contributed by atoms with Crippen molar-refractivity contribution in [1.82, 2.24) is 0 Å². The summed E-state index contributed by atoms with van der Waals surface area (Å²) in [4.78, 5) is 10.9. The van der Waals surface area contributed by atoms with Gasteiger partial charge >= 0.3 is 5.97 Å². The Morgan fingerprint density at radius 1 is 1.50 bits per heavy atom. The molecule has 0 radical (unpaired) electrons. The van der Waals surface area contributed by atoms with Crippen LogP contribution in [0, 0.1) is 0 Å². The average Bonchev–Trinajstić information content (AvgIpc) is 2.16. The third-order valence-corrected chi connectivity index (χ3v) is 2.00. The van der Waals surface area contributed by atoms with Crippen LogP contribution in [0.3, 0.4) is 0 Å². The molecule has 1 rings (SSSR count). The first-order chi connectivity index (χ1) is 7.35. The monoisotopic (exact) mass is 225 g/mol. The van der Waals surface area contributed by atoms with Gasteiger partial charge in [0.05, 0.1) is 6.61 Å². The summed E-state index contributed by atoms with van der Waals surface area (Å²) in [6, 6.07) is 4.30. The number of aliphatic hydroxyl groups is 1. The molecule has 0 heterocycles. The molecule has 1 aromatic carbocycles. The largest absolute Gasteiger partial charge is 0.484 e. The molecule has 0 aliphatic heterocycles. The fourth-order valence-electron chi connectivity index (χ4n) is 1.13. The second-order valence-corrected chi connectivity index (χ2v) is 4.08. The van der Waals surface area contributed by atoms with Gasteiger partial charge in [-0.25, -0.2) is 4.79 Å². The fraction of sp³-hybridized carbons (Fsp3) is 0.364. The molecule has 0 aliphatic rings. The summed E-state index contributed by atoms with van der Waals surface area (Å²) in [6.45, 7) is 3.09. The summed E-state index contributed by atoms with van der Waals surface area (Å²) in [5, 5.41) is 18.0. The molecule has 0 saturated heterocycles. The third kappa shape index (κ3) is 2.87. The number of nitrogens with two attached hydrogens (primary N) is 1. The lowest BCUT2D eigenvalue weighted by Crippen LogP contribution is -2.33. The van der Waals surface area contributed by atoms with Gasteiger partial charge < -0.3 is 20.7 Å². The maximum absolute atomic E-state index is 10.9. The molecular weight excluding hydrogens is 210 g/mol. The van der Waals surface area contributed by atoms with Crippen LogP contribution >= 0.6 is 0 Å². The predicted molar refractivity (Wildman–Crippen MR) is 59.6 cm³/mol. The van der Waals surface area contributed by atoms with Crippen LogP contribution in [0.15, 0.2) is 18.2 Å². The minimum absolute atomic E-state index is 0.0238. The second-order valence-electron chi connectivity index (χ2n) is 4.08. The van der Waals surface area contributed by atoms with Crippen molar-refractivity contribution in [3.8, 4) is 5.75 Å². The molecule has 5 nitrogen and oxygen atoms in total. The van der Waals surface area contributed by atoms with Crippen molar-refractivity contribution in [2.45, 2.75) is 19.4 Å². The van der Waals surface area contributed by atoms with Crippen molar-refractivity contribution in [3.63, 3.8) is 0 Å².